The van der Waals surface area contributed by atoms with E-state index in [0.29, 0.717) is 12.5 Å². The van der Waals surface area contributed by atoms with Crippen LogP contribution in [-0.4, -0.2) is 20.3 Å². The lowest BCUT2D eigenvalue weighted by atomic mass is 9.90. The molecule has 0 aliphatic heterocycles. The Morgan fingerprint density at radius 3 is 2.65 bits per heavy atom. The first-order valence-electron chi connectivity index (χ1n) is 7.87. The lowest BCUT2D eigenvalue weighted by Crippen LogP contribution is -2.17. The molecule has 0 aromatic heterocycles. The molecule has 0 amide bonds. The molecule has 1 N–H and O–H groups in total. The molecular weight excluding hydrogens is 250 g/mol. The van der Waals surface area contributed by atoms with E-state index >= 15 is 0 Å². The molecular formula is C17H27NO2. The van der Waals surface area contributed by atoms with Gasteiger partial charge in [0.15, 0.2) is 11.5 Å². The average Bonchev–Trinajstić information content (AvgIpc) is 2.48. The van der Waals surface area contributed by atoms with Crippen molar-refractivity contribution >= 4 is 0 Å². The lowest BCUT2D eigenvalue weighted by Gasteiger charge is -2.23. The summed E-state index contributed by atoms with van der Waals surface area (Å²) in [6.45, 7) is 4.31. The Balaban J connectivity index is 2.05. The van der Waals surface area contributed by atoms with Crippen LogP contribution in [0.25, 0.3) is 0 Å². The van der Waals surface area contributed by atoms with Gasteiger partial charge in [0, 0.05) is 12.1 Å². The Morgan fingerprint density at radius 2 is 1.95 bits per heavy atom. The second-order valence-corrected chi connectivity index (χ2v) is 5.52. The van der Waals surface area contributed by atoms with Gasteiger partial charge in [0.25, 0.3) is 0 Å². The first-order valence-corrected chi connectivity index (χ1v) is 7.87. The van der Waals surface area contributed by atoms with Crippen LogP contribution in [0.1, 0.15) is 44.6 Å². The molecule has 0 bridgehead atoms. The van der Waals surface area contributed by atoms with Crippen molar-refractivity contribution in [2.24, 2.45) is 5.92 Å². The first-order chi connectivity index (χ1) is 9.85. The van der Waals surface area contributed by atoms with E-state index in [0.717, 1.165) is 24.7 Å². The van der Waals surface area contributed by atoms with Crippen molar-refractivity contribution in [3.63, 3.8) is 0 Å². The van der Waals surface area contributed by atoms with Gasteiger partial charge in [0.2, 0.25) is 0 Å². The van der Waals surface area contributed by atoms with Gasteiger partial charge in [-0.1, -0.05) is 31.4 Å². The highest BCUT2D eigenvalue weighted by Gasteiger charge is 2.17. The van der Waals surface area contributed by atoms with Gasteiger partial charge in [-0.15, -0.1) is 0 Å². The van der Waals surface area contributed by atoms with E-state index in [1.807, 2.05) is 26.1 Å². The summed E-state index contributed by atoms with van der Waals surface area (Å²) in [5.74, 6) is 2.51. The van der Waals surface area contributed by atoms with Crippen LogP contribution in [0.15, 0.2) is 18.2 Å². The molecule has 0 heterocycles. The largest absolute Gasteiger partial charge is 0.490 e. The van der Waals surface area contributed by atoms with Gasteiger partial charge in [-0.3, -0.25) is 0 Å². The average molecular weight is 277 g/mol. The highest BCUT2D eigenvalue weighted by molar-refractivity contribution is 5.46. The van der Waals surface area contributed by atoms with E-state index < -0.39 is 0 Å². The predicted molar refractivity (Wildman–Crippen MR) is 82.4 cm³/mol. The molecule has 20 heavy (non-hydrogen) atoms. The maximum atomic E-state index is 6.15. The van der Waals surface area contributed by atoms with Crippen LogP contribution in [0.2, 0.25) is 0 Å². The van der Waals surface area contributed by atoms with E-state index in [9.17, 15) is 0 Å². The van der Waals surface area contributed by atoms with Crippen LogP contribution < -0.4 is 14.8 Å². The molecule has 2 rings (SSSR count). The molecule has 0 unspecified atom stereocenters. The second-order valence-electron chi connectivity index (χ2n) is 5.52. The van der Waals surface area contributed by atoms with Crippen molar-refractivity contribution in [2.45, 2.75) is 45.6 Å². The number of para-hydroxylation sites is 1. The summed E-state index contributed by atoms with van der Waals surface area (Å²) < 4.78 is 11.9. The van der Waals surface area contributed by atoms with Crippen LogP contribution in [0.4, 0.5) is 0 Å². The van der Waals surface area contributed by atoms with Gasteiger partial charge in [-0.2, -0.15) is 0 Å². The molecule has 1 fully saturated rings. The van der Waals surface area contributed by atoms with Crippen LogP contribution in [0, 0.1) is 5.92 Å². The SMILES string of the molecule is CCOc1cccc(CNC)c1OCC1CCCCC1. The Hall–Kier alpha value is -1.22. The molecule has 1 aromatic carbocycles. The number of benzene rings is 1. The maximum absolute atomic E-state index is 6.15. The lowest BCUT2D eigenvalue weighted by molar-refractivity contribution is 0.197. The zero-order valence-electron chi connectivity index (χ0n) is 12.8. The van der Waals surface area contributed by atoms with Gasteiger partial charge in [-0.25, -0.2) is 0 Å². The van der Waals surface area contributed by atoms with Gasteiger partial charge in [-0.05, 0) is 38.8 Å². The van der Waals surface area contributed by atoms with Crippen LogP contribution >= 0.6 is 0 Å². The topological polar surface area (TPSA) is 30.5 Å². The molecule has 3 heteroatoms. The van der Waals surface area contributed by atoms with Crippen molar-refractivity contribution in [3.05, 3.63) is 23.8 Å². The molecule has 1 aliphatic carbocycles. The zero-order chi connectivity index (χ0) is 14.2. The summed E-state index contributed by atoms with van der Waals surface area (Å²) in [5.41, 5.74) is 1.18. The fraction of sp³-hybridized carbons (Fsp3) is 0.647. The van der Waals surface area contributed by atoms with E-state index in [1.54, 1.807) is 0 Å². The quantitative estimate of drug-likeness (QED) is 0.823. The summed E-state index contributed by atoms with van der Waals surface area (Å²) in [7, 11) is 1.96. The molecule has 0 spiro atoms. The molecule has 0 radical (unpaired) electrons. The third kappa shape index (κ3) is 4.14. The number of hydrogen-bond acceptors (Lipinski definition) is 3. The van der Waals surface area contributed by atoms with Gasteiger partial charge in [0.1, 0.15) is 0 Å². The first kappa shape index (κ1) is 15.2. The fourth-order valence-corrected chi connectivity index (χ4v) is 2.88. The summed E-state index contributed by atoms with van der Waals surface area (Å²) in [4.78, 5) is 0. The highest BCUT2D eigenvalue weighted by Crippen LogP contribution is 2.33. The smallest absolute Gasteiger partial charge is 0.165 e. The van der Waals surface area contributed by atoms with Gasteiger partial charge in [0.05, 0.1) is 13.2 Å². The fourth-order valence-electron chi connectivity index (χ4n) is 2.88. The summed E-state index contributed by atoms with van der Waals surface area (Å²) in [5, 5.41) is 3.20. The monoisotopic (exact) mass is 277 g/mol. The standard InChI is InChI=1S/C17H27NO2/c1-3-19-16-11-7-10-15(12-18-2)17(16)20-13-14-8-5-4-6-9-14/h7,10-11,14,18H,3-6,8-9,12-13H2,1-2H3. The molecule has 1 aromatic rings. The minimum absolute atomic E-state index is 0.669. The summed E-state index contributed by atoms with van der Waals surface area (Å²) in [6, 6.07) is 6.14. The van der Waals surface area contributed by atoms with E-state index in [1.165, 1.54) is 37.7 Å². The highest BCUT2D eigenvalue weighted by atomic mass is 16.5. The minimum Gasteiger partial charge on any atom is -0.490 e. The van der Waals surface area contributed by atoms with Gasteiger partial charge >= 0.3 is 0 Å². The number of nitrogens with one attached hydrogen (secondary N) is 1. The number of rotatable bonds is 7. The Labute approximate surface area is 122 Å². The Bertz CT molecular complexity index is 376. The molecule has 112 valence electrons. The van der Waals surface area contributed by atoms with Crippen molar-refractivity contribution in [2.75, 3.05) is 20.3 Å². The number of hydrogen-bond donors (Lipinski definition) is 1. The Morgan fingerprint density at radius 1 is 1.15 bits per heavy atom. The zero-order valence-corrected chi connectivity index (χ0v) is 12.8. The third-order valence-electron chi connectivity index (χ3n) is 3.92. The van der Waals surface area contributed by atoms with Crippen molar-refractivity contribution < 1.29 is 9.47 Å². The van der Waals surface area contributed by atoms with E-state index in [-0.39, 0.29) is 0 Å². The molecule has 0 saturated heterocycles. The molecule has 1 saturated carbocycles. The second kappa shape index (κ2) is 8.15. The Kier molecular flexibility index (Phi) is 6.19. The normalized spacial score (nSPS) is 16.1. The van der Waals surface area contributed by atoms with E-state index in [4.69, 9.17) is 9.47 Å². The maximum Gasteiger partial charge on any atom is 0.165 e. The van der Waals surface area contributed by atoms with Crippen molar-refractivity contribution in [1.29, 1.82) is 0 Å². The van der Waals surface area contributed by atoms with Crippen molar-refractivity contribution in [1.82, 2.24) is 5.32 Å². The van der Waals surface area contributed by atoms with Crippen LogP contribution in [0.5, 0.6) is 11.5 Å². The number of ether oxygens (including phenoxy) is 2. The van der Waals surface area contributed by atoms with E-state index in [2.05, 4.69) is 11.4 Å². The minimum atomic E-state index is 0.669. The summed E-state index contributed by atoms with van der Waals surface area (Å²) >= 11 is 0. The summed E-state index contributed by atoms with van der Waals surface area (Å²) in [6.07, 6.45) is 6.70. The molecule has 3 nitrogen and oxygen atoms in total. The third-order valence-corrected chi connectivity index (χ3v) is 3.92. The molecule has 0 atom stereocenters. The van der Waals surface area contributed by atoms with Crippen molar-refractivity contribution in [3.8, 4) is 11.5 Å². The van der Waals surface area contributed by atoms with Crippen LogP contribution in [-0.2, 0) is 6.54 Å². The van der Waals surface area contributed by atoms with Gasteiger partial charge < -0.3 is 14.8 Å². The van der Waals surface area contributed by atoms with Crippen LogP contribution in [0.3, 0.4) is 0 Å². The predicted octanol–water partition coefficient (Wildman–Crippen LogP) is 3.76. The molecule has 1 aliphatic rings.